The number of nitrogens with one attached hydrogen (secondary N) is 2. The summed E-state index contributed by atoms with van der Waals surface area (Å²) in [4.78, 5) is 39.6. The second kappa shape index (κ2) is 11.8. The fourth-order valence-corrected chi connectivity index (χ4v) is 4.21. The van der Waals surface area contributed by atoms with Crippen LogP contribution in [-0.4, -0.2) is 82.2 Å². The van der Waals surface area contributed by atoms with Crippen molar-refractivity contribution in [1.82, 2.24) is 15.5 Å². The van der Waals surface area contributed by atoms with E-state index >= 15 is 0 Å². The molecule has 0 bridgehead atoms. The number of likely N-dealkylation sites (tertiary alicyclic amines) is 1. The third-order valence-corrected chi connectivity index (χ3v) is 6.12. The fourth-order valence-electron chi connectivity index (χ4n) is 4.21. The van der Waals surface area contributed by atoms with E-state index in [2.05, 4.69) is 10.6 Å². The van der Waals surface area contributed by atoms with Crippen LogP contribution in [0.4, 0.5) is 5.69 Å². The largest absolute Gasteiger partial charge is 0.495 e. The van der Waals surface area contributed by atoms with E-state index in [1.807, 2.05) is 4.90 Å². The minimum absolute atomic E-state index is 0.0774. The number of piperidine rings is 2. The van der Waals surface area contributed by atoms with Gasteiger partial charge in [0, 0.05) is 38.7 Å². The number of benzene rings is 1. The molecule has 0 aromatic heterocycles. The highest BCUT2D eigenvalue weighted by atomic mass is 16.5. The SMILES string of the molecule is CNC(=O)CCN(C=O)c1cc(C(=O)N2CCC(OC3CCNCC3)CC2)ccc1OC. The first kappa shape index (κ1) is 24.0. The van der Waals surface area contributed by atoms with E-state index in [-0.39, 0.29) is 30.9 Å². The molecule has 2 aliphatic heterocycles. The van der Waals surface area contributed by atoms with E-state index in [0.717, 1.165) is 38.8 Å². The first-order valence-corrected chi connectivity index (χ1v) is 11.3. The van der Waals surface area contributed by atoms with E-state index in [0.29, 0.717) is 42.6 Å². The zero-order valence-electron chi connectivity index (χ0n) is 19.0. The van der Waals surface area contributed by atoms with E-state index in [1.165, 1.54) is 12.0 Å². The quantitative estimate of drug-likeness (QED) is 0.553. The van der Waals surface area contributed by atoms with Crippen molar-refractivity contribution in [3.8, 4) is 5.75 Å². The lowest BCUT2D eigenvalue weighted by Gasteiger charge is -2.35. The molecule has 2 N–H and O–H groups in total. The van der Waals surface area contributed by atoms with Gasteiger partial charge in [-0.2, -0.15) is 0 Å². The number of nitrogens with zero attached hydrogens (tertiary/aromatic N) is 2. The molecule has 2 aliphatic rings. The van der Waals surface area contributed by atoms with Crippen LogP contribution in [0.1, 0.15) is 42.5 Å². The number of amides is 3. The molecule has 1 aromatic rings. The van der Waals surface area contributed by atoms with Crippen molar-refractivity contribution in [2.24, 2.45) is 0 Å². The lowest BCUT2D eigenvalue weighted by atomic mass is 10.0. The summed E-state index contributed by atoms with van der Waals surface area (Å²) in [5, 5.41) is 5.89. The standard InChI is InChI=1S/C23H34N4O5/c1-24-22(29)9-14-27(16-28)20-15-17(3-4-21(20)31-2)23(30)26-12-7-19(8-13-26)32-18-5-10-25-11-6-18/h3-4,15-16,18-19,25H,5-14H2,1-2H3,(H,24,29). The number of hydrogen-bond acceptors (Lipinski definition) is 6. The molecule has 0 unspecified atom stereocenters. The Morgan fingerprint density at radius 2 is 1.88 bits per heavy atom. The monoisotopic (exact) mass is 446 g/mol. The maximum Gasteiger partial charge on any atom is 0.253 e. The number of carbonyl (C=O) groups is 3. The van der Waals surface area contributed by atoms with Gasteiger partial charge in [0.1, 0.15) is 5.75 Å². The molecule has 3 amide bonds. The highest BCUT2D eigenvalue weighted by Gasteiger charge is 2.27. The molecule has 32 heavy (non-hydrogen) atoms. The smallest absolute Gasteiger partial charge is 0.253 e. The second-order valence-corrected chi connectivity index (χ2v) is 8.19. The molecule has 2 saturated heterocycles. The molecule has 2 fully saturated rings. The zero-order chi connectivity index (χ0) is 22.9. The Balaban J connectivity index is 1.63. The van der Waals surface area contributed by atoms with Crippen LogP contribution in [0.15, 0.2) is 18.2 Å². The van der Waals surface area contributed by atoms with Gasteiger partial charge in [-0.15, -0.1) is 0 Å². The summed E-state index contributed by atoms with van der Waals surface area (Å²) < 4.78 is 11.6. The van der Waals surface area contributed by atoms with Crippen molar-refractivity contribution in [1.29, 1.82) is 0 Å². The van der Waals surface area contributed by atoms with Crippen molar-refractivity contribution >= 4 is 23.9 Å². The van der Waals surface area contributed by atoms with E-state index in [1.54, 1.807) is 25.2 Å². The average molecular weight is 447 g/mol. The van der Waals surface area contributed by atoms with Crippen LogP contribution in [0, 0.1) is 0 Å². The number of ether oxygens (including phenoxy) is 2. The summed E-state index contributed by atoms with van der Waals surface area (Å²) in [5.74, 6) is 0.226. The molecule has 9 heteroatoms. The highest BCUT2D eigenvalue weighted by Crippen LogP contribution is 2.30. The molecule has 0 saturated carbocycles. The fraction of sp³-hybridized carbons (Fsp3) is 0.609. The van der Waals surface area contributed by atoms with E-state index in [9.17, 15) is 14.4 Å². The highest BCUT2D eigenvalue weighted by molar-refractivity contribution is 5.96. The topological polar surface area (TPSA) is 100 Å². The van der Waals surface area contributed by atoms with Gasteiger partial charge in [-0.1, -0.05) is 0 Å². The lowest BCUT2D eigenvalue weighted by molar-refractivity contribution is -0.120. The molecule has 0 radical (unpaired) electrons. The van der Waals surface area contributed by atoms with Gasteiger partial charge < -0.3 is 29.9 Å². The van der Waals surface area contributed by atoms with Crippen LogP contribution in [0.5, 0.6) is 5.75 Å². The third kappa shape index (κ3) is 6.20. The maximum atomic E-state index is 13.1. The Hall–Kier alpha value is -2.65. The molecule has 2 heterocycles. The summed E-state index contributed by atoms with van der Waals surface area (Å²) in [7, 11) is 3.06. The summed E-state index contributed by atoms with van der Waals surface area (Å²) in [6.45, 7) is 3.48. The first-order chi connectivity index (χ1) is 15.5. The van der Waals surface area contributed by atoms with Crippen molar-refractivity contribution in [2.75, 3.05) is 51.8 Å². The van der Waals surface area contributed by atoms with Crippen LogP contribution in [0.3, 0.4) is 0 Å². The Bertz CT molecular complexity index is 789. The van der Waals surface area contributed by atoms with Crippen LogP contribution >= 0.6 is 0 Å². The maximum absolute atomic E-state index is 13.1. The van der Waals surface area contributed by atoms with Crippen LogP contribution in [-0.2, 0) is 14.3 Å². The summed E-state index contributed by atoms with van der Waals surface area (Å²) >= 11 is 0. The Kier molecular flexibility index (Phi) is 8.87. The van der Waals surface area contributed by atoms with Gasteiger partial charge in [0.15, 0.2) is 0 Å². The minimum atomic E-state index is -0.169. The van der Waals surface area contributed by atoms with E-state index in [4.69, 9.17) is 9.47 Å². The van der Waals surface area contributed by atoms with Gasteiger partial charge in [-0.25, -0.2) is 0 Å². The predicted octanol–water partition coefficient (Wildman–Crippen LogP) is 1.17. The van der Waals surface area contributed by atoms with Crippen molar-refractivity contribution in [3.05, 3.63) is 23.8 Å². The first-order valence-electron chi connectivity index (χ1n) is 11.3. The average Bonchev–Trinajstić information content (AvgIpc) is 2.84. The number of hydrogen-bond donors (Lipinski definition) is 2. The lowest BCUT2D eigenvalue weighted by Crippen LogP contribution is -2.43. The van der Waals surface area contributed by atoms with Crippen LogP contribution in [0.25, 0.3) is 0 Å². The Morgan fingerprint density at radius 1 is 1.19 bits per heavy atom. The summed E-state index contributed by atoms with van der Waals surface area (Å²) in [6.07, 6.45) is 5.05. The van der Waals surface area contributed by atoms with Gasteiger partial charge in [0.2, 0.25) is 12.3 Å². The molecule has 0 spiro atoms. The molecule has 176 valence electrons. The Morgan fingerprint density at radius 3 is 2.50 bits per heavy atom. The minimum Gasteiger partial charge on any atom is -0.495 e. The van der Waals surface area contributed by atoms with Crippen molar-refractivity contribution < 1.29 is 23.9 Å². The zero-order valence-corrected chi connectivity index (χ0v) is 19.0. The second-order valence-electron chi connectivity index (χ2n) is 8.19. The normalized spacial score (nSPS) is 17.6. The van der Waals surface area contributed by atoms with Gasteiger partial charge >= 0.3 is 0 Å². The number of rotatable bonds is 9. The molecule has 1 aromatic carbocycles. The molecule has 3 rings (SSSR count). The molecule has 9 nitrogen and oxygen atoms in total. The summed E-state index contributed by atoms with van der Waals surface area (Å²) in [6, 6.07) is 5.06. The third-order valence-electron chi connectivity index (χ3n) is 6.12. The van der Waals surface area contributed by atoms with Crippen LogP contribution < -0.4 is 20.3 Å². The number of methoxy groups -OCH3 is 1. The molecule has 0 aliphatic carbocycles. The van der Waals surface area contributed by atoms with Gasteiger partial charge in [-0.3, -0.25) is 14.4 Å². The number of carbonyl (C=O) groups excluding carboxylic acids is 3. The molecular formula is C23H34N4O5. The molecule has 0 atom stereocenters. The van der Waals surface area contributed by atoms with Crippen molar-refractivity contribution in [2.45, 2.75) is 44.3 Å². The predicted molar refractivity (Wildman–Crippen MR) is 121 cm³/mol. The molecular weight excluding hydrogens is 412 g/mol. The van der Waals surface area contributed by atoms with E-state index < -0.39 is 0 Å². The Labute approximate surface area is 189 Å². The van der Waals surface area contributed by atoms with Gasteiger partial charge in [-0.05, 0) is 57.0 Å². The number of anilines is 1. The van der Waals surface area contributed by atoms with Crippen molar-refractivity contribution in [3.63, 3.8) is 0 Å². The van der Waals surface area contributed by atoms with Gasteiger partial charge in [0.25, 0.3) is 5.91 Å². The van der Waals surface area contributed by atoms with Crippen LogP contribution in [0.2, 0.25) is 0 Å². The summed E-state index contributed by atoms with van der Waals surface area (Å²) in [5.41, 5.74) is 0.965. The van der Waals surface area contributed by atoms with Gasteiger partial charge in [0.05, 0.1) is 25.0 Å².